The predicted octanol–water partition coefficient (Wildman–Crippen LogP) is -2.90. The van der Waals surface area contributed by atoms with Crippen molar-refractivity contribution in [3.8, 4) is 11.8 Å². The molecule has 0 aromatic rings. The van der Waals surface area contributed by atoms with Crippen molar-refractivity contribution in [2.75, 3.05) is 52.9 Å². The van der Waals surface area contributed by atoms with Gasteiger partial charge in [-0.1, -0.05) is 19.3 Å². The molecule has 1 aliphatic heterocycles. The van der Waals surface area contributed by atoms with Gasteiger partial charge in [-0.05, 0) is 6.08 Å². The highest BCUT2D eigenvalue weighted by atomic mass is 16.5. The van der Waals surface area contributed by atoms with Crippen LogP contribution in [0.15, 0.2) is 11.8 Å². The van der Waals surface area contributed by atoms with Crippen molar-refractivity contribution in [1.82, 2.24) is 0 Å². The van der Waals surface area contributed by atoms with Crippen LogP contribution < -0.4 is 0 Å². The van der Waals surface area contributed by atoms with Crippen LogP contribution in [0.5, 0.6) is 0 Å². The van der Waals surface area contributed by atoms with Crippen molar-refractivity contribution in [1.29, 1.82) is 0 Å². The first-order valence-electron chi connectivity index (χ1n) is 7.53. The van der Waals surface area contributed by atoms with E-state index in [1.54, 1.807) is 0 Å². The van der Waals surface area contributed by atoms with Gasteiger partial charge >= 0.3 is 0 Å². The summed E-state index contributed by atoms with van der Waals surface area (Å²) in [5.41, 5.74) is 0. The van der Waals surface area contributed by atoms with Crippen LogP contribution in [0.25, 0.3) is 0 Å². The minimum atomic E-state index is -0.458. The van der Waals surface area contributed by atoms with Gasteiger partial charge in [-0.3, -0.25) is 9.59 Å². The normalized spacial score (nSPS) is 11.4. The molecule has 1 aliphatic rings. The third-order valence-electron chi connectivity index (χ3n) is 2.13. The molecule has 1 fully saturated rings. The minimum Gasteiger partial charge on any atom is -0.510 e. The van der Waals surface area contributed by atoms with E-state index in [2.05, 4.69) is 11.8 Å². The average molecular weight is 414 g/mol. The summed E-state index contributed by atoms with van der Waals surface area (Å²) in [6.45, 7) is -0.604. The number of Topliss-reactive ketones (excluding diaryl/α,β-unsaturated/α-hetero) is 2. The molecule has 0 aromatic heterocycles. The fourth-order valence-corrected chi connectivity index (χ4v) is 0.930. The first kappa shape index (κ1) is 37.0. The molecule has 0 aliphatic carbocycles. The van der Waals surface area contributed by atoms with E-state index in [0.29, 0.717) is 19.6 Å². The summed E-state index contributed by atoms with van der Waals surface area (Å²) in [6.07, 6.45) is 1.82. The van der Waals surface area contributed by atoms with Crippen LogP contribution in [-0.2, 0) is 14.3 Å². The van der Waals surface area contributed by atoms with Crippen molar-refractivity contribution in [2.24, 2.45) is 0 Å². The number of aliphatic hydroxyl groups excluding tert-OH is 7. The van der Waals surface area contributed by atoms with Crippen LogP contribution >= 0.6 is 0 Å². The largest absolute Gasteiger partial charge is 0.510 e. The summed E-state index contributed by atoms with van der Waals surface area (Å²) < 4.78 is 4.71. The molecule has 1 rings (SSSR count). The number of carbonyl (C=O) groups excluding carboxylic acids is 2. The number of aliphatic hydroxyl groups is 7. The lowest BCUT2D eigenvalue weighted by Crippen LogP contribution is -2.04. The van der Waals surface area contributed by atoms with Gasteiger partial charge in [-0.2, -0.15) is 0 Å². The Morgan fingerprint density at radius 1 is 1.04 bits per heavy atom. The summed E-state index contributed by atoms with van der Waals surface area (Å²) in [7, 11) is 0. The lowest BCUT2D eigenvalue weighted by atomic mass is 10.3. The first-order chi connectivity index (χ1) is 12.4. The Hall–Kier alpha value is -1.88. The molecule has 0 saturated carbocycles. The zero-order valence-electron chi connectivity index (χ0n) is 15.0. The smallest absolute Gasteiger partial charge is 0.160 e. The Labute approximate surface area is 164 Å². The highest BCUT2D eigenvalue weighted by molar-refractivity contribution is 5.81. The maximum atomic E-state index is 10.1. The second-order valence-electron chi connectivity index (χ2n) is 4.22. The molecule has 1 heterocycles. The monoisotopic (exact) mass is 414 g/mol. The first-order valence-corrected chi connectivity index (χ1v) is 7.53. The van der Waals surface area contributed by atoms with E-state index in [4.69, 9.17) is 40.5 Å². The van der Waals surface area contributed by atoms with Crippen LogP contribution in [0.3, 0.4) is 0 Å². The molecule has 11 heteroatoms. The molecule has 9 N–H and O–H groups in total. The quantitative estimate of drug-likeness (QED) is 0.180. The standard InChI is InChI=1S/2C4H8O3.2C4H6O2.CH4.H2O/c2*5-2-1-4(7)3-6;5-4-1-2-6-3-4;5-3-1-2-4-6;;/h5-6H,1-3H2;1,5-7H,2-3H2;1-3H2;5-6H,3-4H2;1H4;1H2. The second-order valence-corrected chi connectivity index (χ2v) is 4.22. The number of ketones is 2. The van der Waals surface area contributed by atoms with Crippen molar-refractivity contribution >= 4 is 11.6 Å². The van der Waals surface area contributed by atoms with Gasteiger partial charge in [0.25, 0.3) is 0 Å². The molecule has 0 spiro atoms. The molecule has 0 aromatic carbocycles. The zero-order chi connectivity index (χ0) is 20.6. The van der Waals surface area contributed by atoms with Crippen LogP contribution in [0, 0.1) is 11.8 Å². The Morgan fingerprint density at radius 2 is 1.57 bits per heavy atom. The lowest BCUT2D eigenvalue weighted by Gasteiger charge is -1.87. The summed E-state index contributed by atoms with van der Waals surface area (Å²) in [5.74, 6) is 4.23. The molecule has 0 amide bonds. The molecule has 28 heavy (non-hydrogen) atoms. The molecule has 0 radical (unpaired) electrons. The molecule has 0 atom stereocenters. The Balaban J connectivity index is -0.0000000821. The summed E-state index contributed by atoms with van der Waals surface area (Å²) in [6, 6.07) is 0. The Bertz CT molecular complexity index is 409. The highest BCUT2D eigenvalue weighted by Crippen LogP contribution is 1.94. The van der Waals surface area contributed by atoms with E-state index in [9.17, 15) is 9.59 Å². The van der Waals surface area contributed by atoms with E-state index in [1.165, 1.54) is 0 Å². The third-order valence-corrected chi connectivity index (χ3v) is 2.13. The number of hydrogen-bond acceptors (Lipinski definition) is 10. The molecule has 0 unspecified atom stereocenters. The second kappa shape index (κ2) is 32.8. The molecule has 168 valence electrons. The van der Waals surface area contributed by atoms with Crippen molar-refractivity contribution in [3.63, 3.8) is 0 Å². The molecule has 1 saturated heterocycles. The number of hydrogen-bond donors (Lipinski definition) is 7. The predicted molar refractivity (Wildman–Crippen MR) is 101 cm³/mol. The molecular weight excluding hydrogens is 380 g/mol. The van der Waals surface area contributed by atoms with Gasteiger partial charge in [-0.25, -0.2) is 0 Å². The van der Waals surface area contributed by atoms with Gasteiger partial charge in [0.2, 0.25) is 0 Å². The summed E-state index contributed by atoms with van der Waals surface area (Å²) in [5, 5.41) is 56.2. The average Bonchev–Trinajstić information content (AvgIpc) is 3.12. The highest BCUT2D eigenvalue weighted by Gasteiger charge is 2.07. The van der Waals surface area contributed by atoms with E-state index >= 15 is 0 Å². The summed E-state index contributed by atoms with van der Waals surface area (Å²) >= 11 is 0. The fraction of sp³-hybridized carbons (Fsp3) is 0.647. The minimum absolute atomic E-state index is 0. The Morgan fingerprint density at radius 3 is 1.71 bits per heavy atom. The zero-order valence-corrected chi connectivity index (χ0v) is 15.0. The maximum absolute atomic E-state index is 10.1. The van der Waals surface area contributed by atoms with Gasteiger partial charge in [-0.15, -0.1) is 0 Å². The van der Waals surface area contributed by atoms with E-state index in [1.807, 2.05) is 0 Å². The van der Waals surface area contributed by atoms with Gasteiger partial charge in [0.05, 0.1) is 26.4 Å². The van der Waals surface area contributed by atoms with Gasteiger partial charge in [0.1, 0.15) is 32.2 Å². The van der Waals surface area contributed by atoms with Crippen LogP contribution in [0.1, 0.15) is 20.3 Å². The van der Waals surface area contributed by atoms with Crippen LogP contribution in [0.2, 0.25) is 0 Å². The number of carbonyl (C=O) groups is 2. The molecular formula is C17H34O11. The van der Waals surface area contributed by atoms with E-state index in [-0.39, 0.29) is 63.1 Å². The Kier molecular flexibility index (Phi) is 43.2. The fourth-order valence-electron chi connectivity index (χ4n) is 0.930. The van der Waals surface area contributed by atoms with Crippen molar-refractivity contribution in [2.45, 2.75) is 20.3 Å². The van der Waals surface area contributed by atoms with Gasteiger partial charge in [0.15, 0.2) is 11.6 Å². The van der Waals surface area contributed by atoms with E-state index < -0.39 is 13.2 Å². The lowest BCUT2D eigenvalue weighted by molar-refractivity contribution is -0.122. The number of rotatable bonds is 5. The third kappa shape index (κ3) is 39.3. The van der Waals surface area contributed by atoms with Crippen molar-refractivity contribution < 1.29 is 55.5 Å². The maximum Gasteiger partial charge on any atom is 0.160 e. The topological polar surface area (TPSA) is 216 Å². The van der Waals surface area contributed by atoms with Crippen LogP contribution in [0.4, 0.5) is 0 Å². The summed E-state index contributed by atoms with van der Waals surface area (Å²) in [4.78, 5) is 20.1. The van der Waals surface area contributed by atoms with Crippen molar-refractivity contribution in [3.05, 3.63) is 11.8 Å². The SMILES string of the molecule is C.O.O=C(CO)CCO.O=C1CCOC1.OCC#CCO.OCC=C(O)CO. The number of ether oxygens (including phenoxy) is 1. The van der Waals surface area contributed by atoms with Gasteiger partial charge in [0, 0.05) is 12.8 Å². The molecule has 11 nitrogen and oxygen atoms in total. The van der Waals surface area contributed by atoms with Crippen LogP contribution in [-0.4, -0.2) is 106 Å². The van der Waals surface area contributed by atoms with E-state index in [0.717, 1.165) is 6.08 Å². The molecule has 0 bridgehead atoms. The van der Waals surface area contributed by atoms with Gasteiger partial charge < -0.3 is 46.0 Å².